The monoisotopic (exact) mass is 405 g/mol. The number of hydrogen-bond acceptors (Lipinski definition) is 5. The third-order valence-corrected chi connectivity index (χ3v) is 7.26. The van der Waals surface area contributed by atoms with E-state index < -0.39 is 21.9 Å². The van der Waals surface area contributed by atoms with Crippen LogP contribution in [-0.4, -0.2) is 36.2 Å². The van der Waals surface area contributed by atoms with E-state index in [1.54, 1.807) is 17.6 Å². The standard InChI is InChI=1S/C18H16FN3O3S2/c19-12-3-6-14(7-4-12)27(24,25)22-9-1-2-16(22)18(23)21-13-5-8-17-15(10-13)20-11-26-17/h3-8,10-11,16H,1-2,9H2,(H,21,23). The molecule has 1 aromatic heterocycles. The van der Waals surface area contributed by atoms with Crippen molar-refractivity contribution in [3.8, 4) is 0 Å². The third-order valence-electron chi connectivity index (χ3n) is 4.52. The Morgan fingerprint density at radius 2 is 2.00 bits per heavy atom. The van der Waals surface area contributed by atoms with Crippen LogP contribution in [0.2, 0.25) is 0 Å². The molecular formula is C18H16FN3O3S2. The molecule has 0 bridgehead atoms. The van der Waals surface area contributed by atoms with Crippen LogP contribution in [-0.2, 0) is 14.8 Å². The Labute approximate surface area is 159 Å². The van der Waals surface area contributed by atoms with E-state index >= 15 is 0 Å². The van der Waals surface area contributed by atoms with Crippen molar-refractivity contribution < 1.29 is 17.6 Å². The molecule has 27 heavy (non-hydrogen) atoms. The van der Waals surface area contributed by atoms with Crippen LogP contribution in [0.5, 0.6) is 0 Å². The van der Waals surface area contributed by atoms with Gasteiger partial charge < -0.3 is 5.32 Å². The molecule has 0 spiro atoms. The maximum Gasteiger partial charge on any atom is 0.243 e. The summed E-state index contributed by atoms with van der Waals surface area (Å²) in [4.78, 5) is 16.9. The van der Waals surface area contributed by atoms with Crippen molar-refractivity contribution >= 4 is 43.2 Å². The van der Waals surface area contributed by atoms with E-state index in [1.807, 2.05) is 6.07 Å². The number of rotatable bonds is 4. The molecule has 4 rings (SSSR count). The van der Waals surface area contributed by atoms with E-state index in [-0.39, 0.29) is 17.3 Å². The average Bonchev–Trinajstić information content (AvgIpc) is 3.31. The molecule has 0 aliphatic carbocycles. The van der Waals surface area contributed by atoms with E-state index in [4.69, 9.17) is 0 Å². The number of carbonyl (C=O) groups excluding carboxylic acids is 1. The number of anilines is 1. The Kier molecular flexibility index (Phi) is 4.67. The van der Waals surface area contributed by atoms with Gasteiger partial charge in [-0.05, 0) is 55.3 Å². The molecule has 0 radical (unpaired) electrons. The molecule has 1 saturated heterocycles. The first-order valence-electron chi connectivity index (χ1n) is 8.37. The van der Waals surface area contributed by atoms with Gasteiger partial charge in [0.1, 0.15) is 11.9 Å². The molecule has 2 aromatic carbocycles. The van der Waals surface area contributed by atoms with Gasteiger partial charge in [0.15, 0.2) is 0 Å². The van der Waals surface area contributed by atoms with E-state index in [1.165, 1.54) is 27.8 Å². The predicted octanol–water partition coefficient (Wildman–Crippen LogP) is 3.23. The topological polar surface area (TPSA) is 79.4 Å². The van der Waals surface area contributed by atoms with Crippen LogP contribution in [0.4, 0.5) is 10.1 Å². The van der Waals surface area contributed by atoms with E-state index in [9.17, 15) is 17.6 Å². The second-order valence-corrected chi connectivity index (χ2v) is 9.03. The molecule has 9 heteroatoms. The molecular weight excluding hydrogens is 389 g/mol. The summed E-state index contributed by atoms with van der Waals surface area (Å²) in [6.07, 6.45) is 1.02. The van der Waals surface area contributed by atoms with Gasteiger partial charge in [0, 0.05) is 12.2 Å². The Balaban J connectivity index is 1.56. The summed E-state index contributed by atoms with van der Waals surface area (Å²) >= 11 is 1.50. The lowest BCUT2D eigenvalue weighted by Gasteiger charge is -2.23. The van der Waals surface area contributed by atoms with Gasteiger partial charge in [-0.1, -0.05) is 0 Å². The van der Waals surface area contributed by atoms with Gasteiger partial charge in [0.25, 0.3) is 0 Å². The number of nitrogens with one attached hydrogen (secondary N) is 1. The summed E-state index contributed by atoms with van der Waals surface area (Å²) < 4.78 is 41.0. The second kappa shape index (κ2) is 6.99. The van der Waals surface area contributed by atoms with Crippen molar-refractivity contribution in [1.29, 1.82) is 0 Å². The number of fused-ring (bicyclic) bond motifs is 1. The first-order chi connectivity index (χ1) is 12.9. The zero-order chi connectivity index (χ0) is 19.0. The van der Waals surface area contributed by atoms with Gasteiger partial charge in [0.2, 0.25) is 15.9 Å². The Bertz CT molecular complexity index is 1100. The number of carbonyl (C=O) groups is 1. The van der Waals surface area contributed by atoms with Gasteiger partial charge in [0.05, 0.1) is 20.6 Å². The average molecular weight is 405 g/mol. The van der Waals surface area contributed by atoms with Crippen LogP contribution >= 0.6 is 11.3 Å². The summed E-state index contributed by atoms with van der Waals surface area (Å²) in [5, 5.41) is 2.79. The molecule has 1 amide bonds. The zero-order valence-electron chi connectivity index (χ0n) is 14.1. The van der Waals surface area contributed by atoms with Gasteiger partial charge >= 0.3 is 0 Å². The molecule has 1 fully saturated rings. The molecule has 0 saturated carbocycles. The van der Waals surface area contributed by atoms with E-state index in [2.05, 4.69) is 10.3 Å². The van der Waals surface area contributed by atoms with E-state index in [0.717, 1.165) is 22.3 Å². The van der Waals surface area contributed by atoms with Crippen LogP contribution in [0.1, 0.15) is 12.8 Å². The predicted molar refractivity (Wildman–Crippen MR) is 102 cm³/mol. The fourth-order valence-corrected chi connectivity index (χ4v) is 5.51. The highest BCUT2D eigenvalue weighted by molar-refractivity contribution is 7.89. The summed E-state index contributed by atoms with van der Waals surface area (Å²) in [5.74, 6) is -0.894. The first-order valence-corrected chi connectivity index (χ1v) is 10.7. The Morgan fingerprint density at radius 1 is 1.22 bits per heavy atom. The number of hydrogen-bond donors (Lipinski definition) is 1. The molecule has 1 aliphatic rings. The van der Waals surface area contributed by atoms with Crippen molar-refractivity contribution in [2.24, 2.45) is 0 Å². The van der Waals surface area contributed by atoms with Crippen LogP contribution in [0, 0.1) is 5.82 Å². The number of halogens is 1. The van der Waals surface area contributed by atoms with Gasteiger partial charge in [-0.25, -0.2) is 17.8 Å². The summed E-state index contributed by atoms with van der Waals surface area (Å²) in [6, 6.07) is 9.23. The number of sulfonamides is 1. The van der Waals surface area contributed by atoms with Gasteiger partial charge in [-0.3, -0.25) is 4.79 Å². The zero-order valence-corrected chi connectivity index (χ0v) is 15.8. The van der Waals surface area contributed by atoms with Crippen molar-refractivity contribution in [2.45, 2.75) is 23.8 Å². The number of aromatic nitrogens is 1. The lowest BCUT2D eigenvalue weighted by Crippen LogP contribution is -2.43. The Hall–Kier alpha value is -2.36. The molecule has 6 nitrogen and oxygen atoms in total. The highest BCUT2D eigenvalue weighted by Crippen LogP contribution is 2.28. The van der Waals surface area contributed by atoms with Crippen molar-refractivity contribution in [2.75, 3.05) is 11.9 Å². The highest BCUT2D eigenvalue weighted by atomic mass is 32.2. The largest absolute Gasteiger partial charge is 0.325 e. The first kappa shape index (κ1) is 18.0. The number of nitrogens with zero attached hydrogens (tertiary/aromatic N) is 2. The van der Waals surface area contributed by atoms with Gasteiger partial charge in [-0.15, -0.1) is 11.3 Å². The normalized spacial score (nSPS) is 18.0. The smallest absolute Gasteiger partial charge is 0.243 e. The molecule has 1 unspecified atom stereocenters. The maximum absolute atomic E-state index is 13.1. The minimum absolute atomic E-state index is 0.0208. The molecule has 1 N–H and O–H groups in total. The SMILES string of the molecule is O=C(Nc1ccc2scnc2c1)C1CCCN1S(=O)(=O)c1ccc(F)cc1. The third kappa shape index (κ3) is 3.45. The minimum Gasteiger partial charge on any atom is -0.325 e. The minimum atomic E-state index is -3.87. The fraction of sp³-hybridized carbons (Fsp3) is 0.222. The maximum atomic E-state index is 13.1. The quantitative estimate of drug-likeness (QED) is 0.723. The van der Waals surface area contributed by atoms with Gasteiger partial charge in [-0.2, -0.15) is 4.31 Å². The van der Waals surface area contributed by atoms with Crippen molar-refractivity contribution in [3.63, 3.8) is 0 Å². The molecule has 3 aromatic rings. The summed E-state index contributed by atoms with van der Waals surface area (Å²) in [5.41, 5.74) is 3.08. The summed E-state index contributed by atoms with van der Waals surface area (Å²) in [6.45, 7) is 0.253. The molecule has 140 valence electrons. The van der Waals surface area contributed by atoms with Crippen LogP contribution in [0.15, 0.2) is 52.9 Å². The number of benzene rings is 2. The van der Waals surface area contributed by atoms with E-state index in [0.29, 0.717) is 18.5 Å². The van der Waals surface area contributed by atoms with Crippen LogP contribution in [0.3, 0.4) is 0 Å². The highest BCUT2D eigenvalue weighted by Gasteiger charge is 2.39. The lowest BCUT2D eigenvalue weighted by molar-refractivity contribution is -0.119. The van der Waals surface area contributed by atoms with Crippen molar-refractivity contribution in [1.82, 2.24) is 9.29 Å². The lowest BCUT2D eigenvalue weighted by atomic mass is 10.2. The number of amides is 1. The van der Waals surface area contributed by atoms with Crippen LogP contribution < -0.4 is 5.32 Å². The molecule has 2 heterocycles. The Morgan fingerprint density at radius 3 is 2.78 bits per heavy atom. The molecule has 1 atom stereocenters. The number of thiazole rings is 1. The second-order valence-electron chi connectivity index (χ2n) is 6.25. The van der Waals surface area contributed by atoms with Crippen LogP contribution in [0.25, 0.3) is 10.2 Å². The molecule has 1 aliphatic heterocycles. The fourth-order valence-electron chi connectivity index (χ4n) is 3.19. The summed E-state index contributed by atoms with van der Waals surface area (Å²) in [7, 11) is -3.87. The van der Waals surface area contributed by atoms with Crippen molar-refractivity contribution in [3.05, 3.63) is 53.8 Å².